The van der Waals surface area contributed by atoms with E-state index < -0.39 is 0 Å². The van der Waals surface area contributed by atoms with Crippen molar-refractivity contribution in [1.82, 2.24) is 4.98 Å². The number of anilines is 1. The molecule has 12 heavy (non-hydrogen) atoms. The number of nitrogens with zero attached hydrogens (tertiary/aromatic N) is 2. The molecule has 0 aliphatic rings. The Labute approximate surface area is 73.0 Å². The minimum atomic E-state index is 0.750. The lowest BCUT2D eigenvalue weighted by Gasteiger charge is -2.10. The molecule has 0 aliphatic carbocycles. The Morgan fingerprint density at radius 2 is 1.75 bits per heavy atom. The van der Waals surface area contributed by atoms with Gasteiger partial charge in [0, 0.05) is 32.2 Å². The molecule has 0 saturated carbocycles. The molecule has 0 bridgehead atoms. The maximum absolute atomic E-state index is 8.81. The smallest absolute Gasteiger partial charge is 0.116 e. The summed E-state index contributed by atoms with van der Waals surface area (Å²) in [5, 5.41) is 0. The topological polar surface area (TPSA) is 33.2 Å². The van der Waals surface area contributed by atoms with Crippen LogP contribution in [0, 0.1) is 0 Å². The molecule has 0 N–H and O–H groups in total. The second kappa shape index (κ2) is 6.34. The average Bonchev–Trinajstić information content (AvgIpc) is 2.07. The van der Waals surface area contributed by atoms with Gasteiger partial charge in [0.25, 0.3) is 0 Å². The molecule has 0 aromatic carbocycles. The highest BCUT2D eigenvalue weighted by atomic mass is 16.1. The predicted octanol–water partition coefficient (Wildman–Crippen LogP) is 1.35. The largest absolute Gasteiger partial charge is 0.378 e. The zero-order chi connectivity index (χ0) is 9.40. The van der Waals surface area contributed by atoms with Gasteiger partial charge in [-0.1, -0.05) is 0 Å². The lowest BCUT2D eigenvalue weighted by Crippen LogP contribution is -2.07. The summed E-state index contributed by atoms with van der Waals surface area (Å²) >= 11 is 0. The van der Waals surface area contributed by atoms with Crippen molar-refractivity contribution < 1.29 is 4.79 Å². The third kappa shape index (κ3) is 4.44. The number of hydrogen-bond donors (Lipinski definition) is 0. The van der Waals surface area contributed by atoms with Crippen LogP contribution >= 0.6 is 0 Å². The molecule has 3 heteroatoms. The van der Waals surface area contributed by atoms with Gasteiger partial charge in [-0.15, -0.1) is 0 Å². The summed E-state index contributed by atoms with van der Waals surface area (Å²) < 4.78 is 0. The van der Waals surface area contributed by atoms with Crippen LogP contribution in [-0.4, -0.2) is 25.4 Å². The van der Waals surface area contributed by atoms with Crippen LogP contribution in [0.1, 0.15) is 6.92 Å². The number of carbonyl (C=O) groups is 1. The maximum Gasteiger partial charge on any atom is 0.116 e. The van der Waals surface area contributed by atoms with E-state index in [1.54, 1.807) is 12.4 Å². The van der Waals surface area contributed by atoms with Crippen molar-refractivity contribution in [1.29, 1.82) is 0 Å². The van der Waals surface area contributed by atoms with E-state index in [0.29, 0.717) is 0 Å². The molecule has 1 heterocycles. The molecule has 66 valence electrons. The summed E-state index contributed by atoms with van der Waals surface area (Å²) in [6, 6.07) is 3.94. The van der Waals surface area contributed by atoms with Crippen LogP contribution in [0.4, 0.5) is 5.69 Å². The lowest BCUT2D eigenvalue weighted by atomic mass is 10.4. The van der Waals surface area contributed by atoms with Gasteiger partial charge in [0.1, 0.15) is 6.29 Å². The highest BCUT2D eigenvalue weighted by Gasteiger charge is 1.88. The number of aromatic nitrogens is 1. The summed E-state index contributed by atoms with van der Waals surface area (Å²) in [4.78, 5) is 14.8. The number of hydrogen-bond acceptors (Lipinski definition) is 3. The molecule has 0 fully saturated rings. The zero-order valence-corrected chi connectivity index (χ0v) is 7.69. The van der Waals surface area contributed by atoms with Gasteiger partial charge >= 0.3 is 0 Å². The molecule has 0 spiro atoms. The van der Waals surface area contributed by atoms with Gasteiger partial charge in [-0.2, -0.15) is 0 Å². The van der Waals surface area contributed by atoms with Crippen LogP contribution < -0.4 is 4.90 Å². The van der Waals surface area contributed by atoms with Crippen LogP contribution in [0.5, 0.6) is 0 Å². The van der Waals surface area contributed by atoms with E-state index in [1.807, 2.05) is 31.1 Å². The van der Waals surface area contributed by atoms with Crippen LogP contribution in [0.25, 0.3) is 0 Å². The fourth-order valence-electron chi connectivity index (χ4n) is 0.642. The molecule has 0 saturated heterocycles. The standard InChI is InChI=1S/C7H10N2.C2H4O/c1-9(2)7-3-5-8-6-4-7;1-2-3/h3-6H,1-2H3;2H,1H3. The number of aldehydes is 1. The molecule has 0 unspecified atom stereocenters. The molecule has 0 amide bonds. The van der Waals surface area contributed by atoms with E-state index in [4.69, 9.17) is 4.79 Å². The number of rotatable bonds is 1. The quantitative estimate of drug-likeness (QED) is 0.590. The molecule has 0 aliphatic heterocycles. The predicted molar refractivity (Wildman–Crippen MR) is 50.3 cm³/mol. The molecular formula is C9H14N2O. The fraction of sp³-hybridized carbons (Fsp3) is 0.333. The Hall–Kier alpha value is -1.38. The van der Waals surface area contributed by atoms with Crippen LogP contribution in [0.3, 0.4) is 0 Å². The highest BCUT2D eigenvalue weighted by molar-refractivity contribution is 5.44. The molecule has 1 aromatic heterocycles. The monoisotopic (exact) mass is 166 g/mol. The Balaban J connectivity index is 0.000000354. The summed E-state index contributed by atoms with van der Waals surface area (Å²) in [7, 11) is 4.02. The second-order valence-corrected chi connectivity index (χ2v) is 2.34. The minimum Gasteiger partial charge on any atom is -0.378 e. The molecule has 1 rings (SSSR count). The lowest BCUT2D eigenvalue weighted by molar-refractivity contribution is -0.106. The van der Waals surface area contributed by atoms with E-state index in [9.17, 15) is 0 Å². The van der Waals surface area contributed by atoms with Crippen molar-refractivity contribution >= 4 is 12.0 Å². The van der Waals surface area contributed by atoms with Gasteiger partial charge in [-0.3, -0.25) is 4.98 Å². The van der Waals surface area contributed by atoms with Crippen LogP contribution in [-0.2, 0) is 4.79 Å². The first-order chi connectivity index (χ1) is 5.72. The normalized spacial score (nSPS) is 7.92. The van der Waals surface area contributed by atoms with Crippen molar-refractivity contribution in [3.63, 3.8) is 0 Å². The summed E-state index contributed by atoms with van der Waals surface area (Å²) in [6.45, 7) is 1.44. The Morgan fingerprint density at radius 1 is 1.33 bits per heavy atom. The van der Waals surface area contributed by atoms with Gasteiger partial charge in [0.2, 0.25) is 0 Å². The van der Waals surface area contributed by atoms with Gasteiger partial charge < -0.3 is 9.69 Å². The SMILES string of the molecule is CC=O.CN(C)c1ccncc1. The molecule has 1 aromatic rings. The Bertz CT molecular complexity index is 209. The first kappa shape index (κ1) is 10.6. The van der Waals surface area contributed by atoms with E-state index in [1.165, 1.54) is 12.6 Å². The van der Waals surface area contributed by atoms with Crippen LogP contribution in [0.2, 0.25) is 0 Å². The summed E-state index contributed by atoms with van der Waals surface area (Å²) in [5.74, 6) is 0. The average molecular weight is 166 g/mol. The Kier molecular flexibility index (Phi) is 5.61. The van der Waals surface area contributed by atoms with Crippen molar-refractivity contribution in [2.75, 3.05) is 19.0 Å². The molecule has 0 radical (unpaired) electrons. The van der Waals surface area contributed by atoms with E-state index in [-0.39, 0.29) is 0 Å². The summed E-state index contributed by atoms with van der Waals surface area (Å²) in [5.41, 5.74) is 1.19. The first-order valence-corrected chi connectivity index (χ1v) is 3.69. The van der Waals surface area contributed by atoms with Crippen LogP contribution in [0.15, 0.2) is 24.5 Å². The van der Waals surface area contributed by atoms with Gasteiger partial charge in [-0.05, 0) is 19.1 Å². The van der Waals surface area contributed by atoms with Gasteiger partial charge in [0.15, 0.2) is 0 Å². The van der Waals surface area contributed by atoms with E-state index in [2.05, 4.69) is 4.98 Å². The van der Waals surface area contributed by atoms with Crippen molar-refractivity contribution in [2.45, 2.75) is 6.92 Å². The third-order valence-electron chi connectivity index (χ3n) is 1.18. The van der Waals surface area contributed by atoms with E-state index >= 15 is 0 Å². The highest BCUT2D eigenvalue weighted by Crippen LogP contribution is 2.05. The minimum absolute atomic E-state index is 0.750. The second-order valence-electron chi connectivity index (χ2n) is 2.34. The van der Waals surface area contributed by atoms with E-state index in [0.717, 1.165) is 6.29 Å². The maximum atomic E-state index is 8.81. The van der Waals surface area contributed by atoms with Gasteiger partial charge in [0.05, 0.1) is 0 Å². The molecule has 0 atom stereocenters. The van der Waals surface area contributed by atoms with Gasteiger partial charge in [-0.25, -0.2) is 0 Å². The number of carbonyl (C=O) groups excluding carboxylic acids is 1. The third-order valence-corrected chi connectivity index (χ3v) is 1.18. The number of pyridine rings is 1. The zero-order valence-electron chi connectivity index (χ0n) is 7.69. The van der Waals surface area contributed by atoms with Crippen molar-refractivity contribution in [2.24, 2.45) is 0 Å². The van der Waals surface area contributed by atoms with Crippen molar-refractivity contribution in [3.05, 3.63) is 24.5 Å². The summed E-state index contributed by atoms with van der Waals surface area (Å²) in [6.07, 6.45) is 4.32. The molecular weight excluding hydrogens is 152 g/mol. The fourth-order valence-corrected chi connectivity index (χ4v) is 0.642. The Morgan fingerprint density at radius 3 is 2.00 bits per heavy atom. The first-order valence-electron chi connectivity index (χ1n) is 3.69. The molecule has 3 nitrogen and oxygen atoms in total. The van der Waals surface area contributed by atoms with Crippen molar-refractivity contribution in [3.8, 4) is 0 Å².